The minimum atomic E-state index is -0.993. The van der Waals surface area contributed by atoms with E-state index < -0.39 is 71.4 Å². The van der Waals surface area contributed by atoms with Crippen LogP contribution in [0.2, 0.25) is 0 Å². The summed E-state index contributed by atoms with van der Waals surface area (Å²) in [5.41, 5.74) is 1.45. The zero-order chi connectivity index (χ0) is 38.9. The molecule has 5 aliphatic rings. The van der Waals surface area contributed by atoms with E-state index >= 15 is 0 Å². The minimum absolute atomic E-state index is 0.0486. The number of likely N-dealkylation sites (N-methyl/N-ethyl adjacent to an activating group) is 1. The maximum atomic E-state index is 14.3. The molecule has 2 saturated carbocycles. The molecule has 2 saturated heterocycles. The van der Waals surface area contributed by atoms with Crippen LogP contribution >= 0.6 is 0 Å². The molecule has 2 amide bonds. The summed E-state index contributed by atoms with van der Waals surface area (Å²) >= 11 is 0. The molecule has 0 aromatic heterocycles. The monoisotopic (exact) mass is 756 g/mol. The summed E-state index contributed by atoms with van der Waals surface area (Å²) in [4.78, 5) is 67.2. The van der Waals surface area contributed by atoms with Gasteiger partial charge < -0.3 is 39.0 Å². The lowest BCUT2D eigenvalue weighted by Gasteiger charge is -2.33. The highest BCUT2D eigenvalue weighted by Crippen LogP contribution is 2.59. The fourth-order valence-corrected chi connectivity index (χ4v) is 7.66. The van der Waals surface area contributed by atoms with Crippen molar-refractivity contribution in [2.24, 2.45) is 17.3 Å². The Morgan fingerprint density at radius 1 is 0.982 bits per heavy atom. The van der Waals surface area contributed by atoms with Gasteiger partial charge in [0, 0.05) is 55.3 Å². The lowest BCUT2D eigenvalue weighted by Crippen LogP contribution is -2.51. The Labute approximate surface area is 320 Å². The van der Waals surface area contributed by atoms with E-state index in [0.29, 0.717) is 11.1 Å². The van der Waals surface area contributed by atoms with Crippen LogP contribution in [0, 0.1) is 17.3 Å². The summed E-state index contributed by atoms with van der Waals surface area (Å²) in [7, 11) is 1.58. The van der Waals surface area contributed by atoms with E-state index in [1.807, 2.05) is 30.3 Å². The van der Waals surface area contributed by atoms with Gasteiger partial charge in [0.15, 0.2) is 5.79 Å². The van der Waals surface area contributed by atoms with Gasteiger partial charge in [-0.05, 0) is 61.1 Å². The average Bonchev–Trinajstić information content (AvgIpc) is 4.13. The number of carbonyl (C=O) groups is 5. The molecule has 2 aromatic carbocycles. The molecule has 2 aromatic rings. The predicted octanol–water partition coefficient (Wildman–Crippen LogP) is 3.53. The number of nitrogens with one attached hydrogen (secondary N) is 1. The van der Waals surface area contributed by atoms with Crippen LogP contribution < -0.4 is 5.32 Å². The van der Waals surface area contributed by atoms with Gasteiger partial charge in [-0.1, -0.05) is 56.3 Å². The summed E-state index contributed by atoms with van der Waals surface area (Å²) in [6.45, 7) is 3.54. The Balaban J connectivity index is 1.07. The van der Waals surface area contributed by atoms with Gasteiger partial charge in [0.05, 0.1) is 12.2 Å². The number of esters is 3. The van der Waals surface area contributed by atoms with Gasteiger partial charge in [-0.2, -0.15) is 0 Å². The number of hydrogen-bond donors (Lipinski definition) is 2. The first-order valence-electron chi connectivity index (χ1n) is 19.0. The van der Waals surface area contributed by atoms with E-state index in [-0.39, 0.29) is 50.0 Å². The molecule has 0 radical (unpaired) electrons. The third-order valence-electron chi connectivity index (χ3n) is 11.0. The van der Waals surface area contributed by atoms with Crippen molar-refractivity contribution < 1.29 is 52.8 Å². The second-order valence-corrected chi connectivity index (χ2v) is 15.8. The number of aliphatic hydroxyl groups is 1. The third-order valence-corrected chi connectivity index (χ3v) is 11.0. The fourth-order valence-electron chi connectivity index (χ4n) is 7.66. The Morgan fingerprint density at radius 2 is 1.67 bits per heavy atom. The lowest BCUT2D eigenvalue weighted by molar-refractivity contribution is -0.209. The number of nitrogens with zero attached hydrogens (tertiary/aromatic N) is 1. The zero-order valence-corrected chi connectivity index (χ0v) is 31.3. The Bertz CT molecular complexity index is 1840. The zero-order valence-electron chi connectivity index (χ0n) is 31.3. The Hall–Kier alpha value is -4.85. The van der Waals surface area contributed by atoms with Crippen molar-refractivity contribution in [3.8, 4) is 0 Å². The minimum Gasteiger partial charge on any atom is -0.462 e. The first kappa shape index (κ1) is 38.4. The quantitative estimate of drug-likeness (QED) is 0.165. The highest BCUT2D eigenvalue weighted by atomic mass is 16.8. The summed E-state index contributed by atoms with van der Waals surface area (Å²) < 4.78 is 30.0. The van der Waals surface area contributed by atoms with Crippen molar-refractivity contribution in [1.82, 2.24) is 10.2 Å². The van der Waals surface area contributed by atoms with E-state index in [2.05, 4.69) is 5.32 Å². The molecule has 55 heavy (non-hydrogen) atoms. The molecular formula is C42H48N2O11. The number of aliphatic hydroxyl groups excluding tert-OH is 1. The van der Waals surface area contributed by atoms with Crippen molar-refractivity contribution in [1.29, 1.82) is 0 Å². The van der Waals surface area contributed by atoms with Gasteiger partial charge >= 0.3 is 17.9 Å². The standard InChI is InChI=1S/C42H48N2O11/c1-41(2)24-51-40(50)36(41)53-34(46)18-11-25-9-12-27(13-10-25)39(49)52-32-22-28(23-33-35(32)55-42(54-33,29-14-15-29)30-16-17-30)38(48)44(3)31(37(47)43-19-20-45)21-26-7-5-4-6-8-26/h4-13,18,23,29-33,35-36,45H,14-17,19-22,24H2,1-3H3,(H,43,47)/t31-,32-,33-,35+,36+/m1/s1. The van der Waals surface area contributed by atoms with Crippen LogP contribution in [-0.4, -0.2) is 103 Å². The maximum absolute atomic E-state index is 14.3. The number of benzene rings is 2. The number of carbonyl (C=O) groups excluding carboxylic acids is 5. The van der Waals surface area contributed by atoms with Gasteiger partial charge in [-0.25, -0.2) is 14.4 Å². The predicted molar refractivity (Wildman–Crippen MR) is 197 cm³/mol. The fraction of sp³-hybridized carbons (Fsp3) is 0.500. The highest BCUT2D eigenvalue weighted by Gasteiger charge is 2.64. The van der Waals surface area contributed by atoms with Crippen molar-refractivity contribution in [2.45, 2.75) is 88.6 Å². The largest absolute Gasteiger partial charge is 0.462 e. The average molecular weight is 757 g/mol. The smallest absolute Gasteiger partial charge is 0.348 e. The Kier molecular flexibility index (Phi) is 11.0. The highest BCUT2D eigenvalue weighted by molar-refractivity contribution is 5.97. The first-order valence-corrected chi connectivity index (χ1v) is 19.0. The van der Waals surface area contributed by atoms with E-state index in [1.165, 1.54) is 17.1 Å². The van der Waals surface area contributed by atoms with E-state index in [0.717, 1.165) is 31.2 Å². The summed E-state index contributed by atoms with van der Waals surface area (Å²) in [6.07, 6.45) is 5.60. The summed E-state index contributed by atoms with van der Waals surface area (Å²) in [6, 6.07) is 15.0. The van der Waals surface area contributed by atoms with E-state index in [4.69, 9.17) is 23.7 Å². The molecule has 0 bridgehead atoms. The molecule has 0 unspecified atom stereocenters. The van der Waals surface area contributed by atoms with E-state index in [1.54, 1.807) is 51.2 Å². The molecule has 0 spiro atoms. The molecule has 4 fully saturated rings. The second kappa shape index (κ2) is 15.7. The van der Waals surface area contributed by atoms with Crippen LogP contribution in [0.5, 0.6) is 0 Å². The summed E-state index contributed by atoms with van der Waals surface area (Å²) in [5.74, 6) is -3.01. The normalized spacial score (nSPS) is 25.7. The van der Waals surface area contributed by atoms with Crippen molar-refractivity contribution in [3.05, 3.63) is 89.0 Å². The third kappa shape index (κ3) is 8.39. The molecule has 292 valence electrons. The van der Waals surface area contributed by atoms with Gasteiger partial charge in [-0.3, -0.25) is 9.59 Å². The maximum Gasteiger partial charge on any atom is 0.348 e. The van der Waals surface area contributed by atoms with Gasteiger partial charge in [0.1, 0.15) is 31.0 Å². The lowest BCUT2D eigenvalue weighted by atomic mass is 9.90. The molecule has 7 rings (SSSR count). The van der Waals surface area contributed by atoms with Crippen molar-refractivity contribution in [2.75, 3.05) is 26.8 Å². The number of cyclic esters (lactones) is 1. The molecule has 3 aliphatic carbocycles. The topological polar surface area (TPSA) is 167 Å². The number of ether oxygens (including phenoxy) is 5. The molecule has 5 atom stereocenters. The number of hydrogen-bond acceptors (Lipinski definition) is 11. The number of rotatable bonds is 14. The molecule has 2 N–H and O–H groups in total. The number of amides is 2. The van der Waals surface area contributed by atoms with E-state index in [9.17, 15) is 29.1 Å². The van der Waals surface area contributed by atoms with Crippen LogP contribution in [0.4, 0.5) is 0 Å². The number of fused-ring (bicyclic) bond motifs is 1. The van der Waals surface area contributed by atoms with Crippen LogP contribution in [0.3, 0.4) is 0 Å². The molecule has 2 heterocycles. The van der Waals surface area contributed by atoms with Gasteiger partial charge in [0.2, 0.25) is 17.9 Å². The van der Waals surface area contributed by atoms with Gasteiger partial charge in [0.25, 0.3) is 0 Å². The molecule has 2 aliphatic heterocycles. The SMILES string of the molecule is CN(C(=O)C1=C[C@H]2OC(C3CC3)(C3CC3)O[C@H]2[C@H](OC(=O)c2ccc(C=CC(=O)O[C@H]3C(=O)OCC3(C)C)cc2)C1)[C@H](Cc1ccccc1)C(=O)NCCO. The summed E-state index contributed by atoms with van der Waals surface area (Å²) in [5, 5.41) is 12.1. The van der Waals surface area contributed by atoms with Crippen LogP contribution in [0.1, 0.15) is 67.4 Å². The van der Waals surface area contributed by atoms with Crippen LogP contribution in [0.15, 0.2) is 72.3 Å². The second-order valence-electron chi connectivity index (χ2n) is 15.8. The molecular weight excluding hydrogens is 708 g/mol. The van der Waals surface area contributed by atoms with Crippen LogP contribution in [-0.2, 0) is 49.3 Å². The molecule has 13 nitrogen and oxygen atoms in total. The molecule has 13 heteroatoms. The first-order chi connectivity index (χ1) is 26.4. The van der Waals surface area contributed by atoms with Crippen molar-refractivity contribution >= 4 is 35.8 Å². The van der Waals surface area contributed by atoms with Crippen molar-refractivity contribution in [3.63, 3.8) is 0 Å². The van der Waals surface area contributed by atoms with Gasteiger partial charge in [-0.15, -0.1) is 0 Å². The Morgan fingerprint density at radius 3 is 2.29 bits per heavy atom. The van der Waals surface area contributed by atoms with Crippen LogP contribution in [0.25, 0.3) is 6.08 Å².